The molecule has 0 saturated heterocycles. The molecule has 0 radical (unpaired) electrons. The van der Waals surface area contributed by atoms with Crippen molar-refractivity contribution in [3.8, 4) is 0 Å². The quantitative estimate of drug-likeness (QED) is 0.130. The van der Waals surface area contributed by atoms with E-state index >= 15 is 0 Å². The summed E-state index contributed by atoms with van der Waals surface area (Å²) in [4.78, 5) is 79.7. The lowest BCUT2D eigenvalue weighted by atomic mass is 10.1. The van der Waals surface area contributed by atoms with Gasteiger partial charge in [-0.05, 0) is 6.42 Å². The van der Waals surface area contributed by atoms with Crippen molar-refractivity contribution in [3.63, 3.8) is 0 Å². The molecule has 0 aliphatic carbocycles. The average molecular weight is 431 g/mol. The van der Waals surface area contributed by atoms with Crippen LogP contribution in [0.2, 0.25) is 0 Å². The summed E-state index contributed by atoms with van der Waals surface area (Å²) in [7, 11) is 0. The minimum atomic E-state index is -1.51. The third-order valence-electron chi connectivity index (χ3n) is 3.53. The first-order valence-electron chi connectivity index (χ1n) is 8.54. The number of nitrogens with one attached hydrogen (secondary N) is 3. The topological polar surface area (TPSA) is 280 Å². The summed E-state index contributed by atoms with van der Waals surface area (Å²) in [5, 5.41) is 15.3. The van der Waals surface area contributed by atoms with E-state index in [9.17, 15) is 33.6 Å². The minimum Gasteiger partial charge on any atom is -0.480 e. The van der Waals surface area contributed by atoms with E-state index in [1.54, 1.807) is 0 Å². The highest BCUT2D eigenvalue weighted by molar-refractivity contribution is 5.96. The van der Waals surface area contributed by atoms with E-state index in [1.807, 2.05) is 0 Å². The number of carboxylic acid groups (broad SMARTS) is 1. The zero-order chi connectivity index (χ0) is 23.4. The molecule has 0 aromatic rings. The Labute approximate surface area is 170 Å². The van der Waals surface area contributed by atoms with Crippen LogP contribution in [-0.2, 0) is 33.6 Å². The summed E-state index contributed by atoms with van der Waals surface area (Å²) in [6.45, 7) is -0.711. The van der Waals surface area contributed by atoms with Gasteiger partial charge in [-0.1, -0.05) is 0 Å². The van der Waals surface area contributed by atoms with E-state index in [1.165, 1.54) is 0 Å². The van der Waals surface area contributed by atoms with Crippen LogP contribution in [-0.4, -0.2) is 71.2 Å². The molecule has 15 nitrogen and oxygen atoms in total. The Balaban J connectivity index is 4.87. The van der Waals surface area contributed by atoms with Crippen LogP contribution in [0.25, 0.3) is 0 Å². The van der Waals surface area contributed by atoms with Crippen molar-refractivity contribution in [1.82, 2.24) is 16.0 Å². The summed E-state index contributed by atoms with van der Waals surface area (Å²) in [5.74, 6) is -6.88. The van der Waals surface area contributed by atoms with Gasteiger partial charge in [0.05, 0.1) is 25.4 Å². The zero-order valence-corrected chi connectivity index (χ0v) is 15.9. The lowest BCUT2D eigenvalue weighted by Crippen LogP contribution is -2.54. The van der Waals surface area contributed by atoms with Crippen LogP contribution in [0.15, 0.2) is 0 Å². The van der Waals surface area contributed by atoms with Crippen molar-refractivity contribution in [2.24, 2.45) is 22.9 Å². The van der Waals surface area contributed by atoms with Gasteiger partial charge in [0.2, 0.25) is 35.4 Å². The number of rotatable bonds is 14. The Morgan fingerprint density at radius 1 is 0.767 bits per heavy atom. The van der Waals surface area contributed by atoms with Gasteiger partial charge < -0.3 is 44.0 Å². The van der Waals surface area contributed by atoms with Crippen molar-refractivity contribution in [2.45, 2.75) is 43.8 Å². The van der Waals surface area contributed by atoms with Crippen LogP contribution in [0.3, 0.4) is 0 Å². The number of hydrogen-bond donors (Lipinski definition) is 8. The third kappa shape index (κ3) is 11.2. The molecule has 0 bridgehead atoms. The largest absolute Gasteiger partial charge is 0.480 e. The van der Waals surface area contributed by atoms with Crippen LogP contribution >= 0.6 is 0 Å². The van der Waals surface area contributed by atoms with Crippen molar-refractivity contribution in [1.29, 1.82) is 0 Å². The van der Waals surface area contributed by atoms with E-state index in [4.69, 9.17) is 28.0 Å². The maximum Gasteiger partial charge on any atom is 0.326 e. The van der Waals surface area contributed by atoms with Crippen LogP contribution in [0, 0.1) is 0 Å². The molecule has 6 amide bonds. The molecule has 0 heterocycles. The molecular formula is C15H25N7O8. The van der Waals surface area contributed by atoms with Gasteiger partial charge >= 0.3 is 5.97 Å². The fourth-order valence-electron chi connectivity index (χ4n) is 2.08. The van der Waals surface area contributed by atoms with Crippen molar-refractivity contribution >= 4 is 41.4 Å². The molecule has 0 aromatic carbocycles. The number of aliphatic carboxylic acids is 1. The van der Waals surface area contributed by atoms with Crippen LogP contribution < -0.4 is 38.9 Å². The molecule has 0 spiro atoms. The summed E-state index contributed by atoms with van der Waals surface area (Å²) >= 11 is 0. The maximum absolute atomic E-state index is 12.2. The number of carbonyl (C=O) groups is 7. The average Bonchev–Trinajstić information content (AvgIpc) is 2.60. The third-order valence-corrected chi connectivity index (χ3v) is 3.53. The highest BCUT2D eigenvalue weighted by Gasteiger charge is 2.27. The highest BCUT2D eigenvalue weighted by atomic mass is 16.4. The van der Waals surface area contributed by atoms with Crippen molar-refractivity contribution in [3.05, 3.63) is 0 Å². The molecule has 0 aliphatic rings. The lowest BCUT2D eigenvalue weighted by molar-refractivity contribution is -0.142. The number of nitrogens with two attached hydrogens (primary N) is 4. The molecule has 0 aliphatic heterocycles. The van der Waals surface area contributed by atoms with Crippen molar-refractivity contribution < 1.29 is 38.7 Å². The number of carboxylic acids is 1. The van der Waals surface area contributed by atoms with E-state index in [-0.39, 0.29) is 12.8 Å². The smallest absolute Gasteiger partial charge is 0.326 e. The standard InChI is InChI=1S/C15H25N7O8/c16-6(3-10(18)24)13(27)22-8(4-11(19)25)14(28)20-5-12(26)21-7(15(29)30)1-2-9(17)23/h6-8H,1-5,16H2,(H2,17,23)(H2,18,24)(H2,19,25)(H,20,28)(H,21,26)(H,22,27)(H,29,30). The molecule has 30 heavy (non-hydrogen) atoms. The first-order chi connectivity index (χ1) is 13.8. The minimum absolute atomic E-state index is 0.261. The summed E-state index contributed by atoms with van der Waals surface area (Å²) in [5.41, 5.74) is 20.3. The molecule has 0 aromatic heterocycles. The van der Waals surface area contributed by atoms with Crippen LogP contribution in [0.1, 0.15) is 25.7 Å². The molecule has 3 unspecified atom stereocenters. The number of hydrogen-bond acceptors (Lipinski definition) is 8. The van der Waals surface area contributed by atoms with Gasteiger partial charge in [-0.3, -0.25) is 28.8 Å². The molecule has 0 rings (SSSR count). The fourth-order valence-corrected chi connectivity index (χ4v) is 2.08. The van der Waals surface area contributed by atoms with Gasteiger partial charge in [0, 0.05) is 6.42 Å². The first kappa shape index (κ1) is 26.2. The Morgan fingerprint density at radius 2 is 1.33 bits per heavy atom. The van der Waals surface area contributed by atoms with Gasteiger partial charge in [-0.15, -0.1) is 0 Å². The van der Waals surface area contributed by atoms with E-state index in [0.29, 0.717) is 0 Å². The SMILES string of the molecule is NC(=O)CCC(NC(=O)CNC(=O)C(CC(N)=O)NC(=O)C(N)CC(N)=O)C(=O)O. The monoisotopic (exact) mass is 431 g/mol. The number of primary amides is 3. The molecule has 168 valence electrons. The lowest BCUT2D eigenvalue weighted by Gasteiger charge is -2.19. The van der Waals surface area contributed by atoms with Gasteiger partial charge in [-0.25, -0.2) is 4.79 Å². The Hall–Kier alpha value is -3.75. The molecular weight excluding hydrogens is 406 g/mol. The van der Waals surface area contributed by atoms with E-state index < -0.39 is 78.9 Å². The second-order valence-corrected chi connectivity index (χ2v) is 6.19. The molecule has 12 N–H and O–H groups in total. The Morgan fingerprint density at radius 3 is 1.80 bits per heavy atom. The Bertz CT molecular complexity index is 711. The van der Waals surface area contributed by atoms with Crippen molar-refractivity contribution in [2.75, 3.05) is 6.54 Å². The maximum atomic E-state index is 12.2. The second kappa shape index (κ2) is 12.7. The number of amides is 6. The predicted molar refractivity (Wildman–Crippen MR) is 98.5 cm³/mol. The Kier molecular flexibility index (Phi) is 11.1. The normalized spacial score (nSPS) is 13.2. The summed E-state index contributed by atoms with van der Waals surface area (Å²) in [6, 6.07) is -4.31. The van der Waals surface area contributed by atoms with Gasteiger partial charge in [0.1, 0.15) is 12.1 Å². The molecule has 0 saturated carbocycles. The summed E-state index contributed by atoms with van der Waals surface area (Å²) < 4.78 is 0. The van der Waals surface area contributed by atoms with E-state index in [0.717, 1.165) is 0 Å². The molecule has 3 atom stereocenters. The molecule has 0 fully saturated rings. The number of carbonyl (C=O) groups excluding carboxylic acids is 6. The fraction of sp³-hybridized carbons (Fsp3) is 0.533. The van der Waals surface area contributed by atoms with Crippen LogP contribution in [0.5, 0.6) is 0 Å². The predicted octanol–water partition coefficient (Wildman–Crippen LogP) is -5.50. The second-order valence-electron chi connectivity index (χ2n) is 6.19. The van der Waals surface area contributed by atoms with Gasteiger partial charge in [-0.2, -0.15) is 0 Å². The first-order valence-corrected chi connectivity index (χ1v) is 8.54. The van der Waals surface area contributed by atoms with Gasteiger partial charge in [0.25, 0.3) is 0 Å². The van der Waals surface area contributed by atoms with Gasteiger partial charge in [0.15, 0.2) is 0 Å². The van der Waals surface area contributed by atoms with Crippen LogP contribution in [0.4, 0.5) is 0 Å². The molecule has 15 heteroatoms. The summed E-state index contributed by atoms with van der Waals surface area (Å²) in [6.07, 6.45) is -1.70. The van der Waals surface area contributed by atoms with E-state index in [2.05, 4.69) is 16.0 Å². The zero-order valence-electron chi connectivity index (χ0n) is 15.9. The highest BCUT2D eigenvalue weighted by Crippen LogP contribution is 1.98.